The molecule has 0 bridgehead atoms. The minimum Gasteiger partial charge on any atom is -0.352 e. The van der Waals surface area contributed by atoms with Gasteiger partial charge in [-0.1, -0.05) is 42.0 Å². The van der Waals surface area contributed by atoms with E-state index in [-0.39, 0.29) is 18.2 Å². The van der Waals surface area contributed by atoms with E-state index in [2.05, 4.69) is 10.6 Å². The predicted molar refractivity (Wildman–Crippen MR) is 92.2 cm³/mol. The quantitative estimate of drug-likeness (QED) is 0.833. The molecule has 0 radical (unpaired) electrons. The standard InChI is InChI=1S/C19H22N2O2/c1-13-7-9-16(10-8-13)12-20-18(22)11-19(23)21-17-6-4-5-14(2)15(17)3/h4-10H,11-12H2,1-3H3,(H,20,22)(H,21,23). The molecule has 2 aromatic carbocycles. The van der Waals surface area contributed by atoms with E-state index in [1.165, 1.54) is 5.56 Å². The number of carbonyl (C=O) groups excluding carboxylic acids is 2. The maximum absolute atomic E-state index is 12.0. The Kier molecular flexibility index (Phi) is 5.52. The van der Waals surface area contributed by atoms with Gasteiger partial charge in [-0.2, -0.15) is 0 Å². The summed E-state index contributed by atoms with van der Waals surface area (Å²) in [5.41, 5.74) is 5.06. The van der Waals surface area contributed by atoms with Crippen molar-refractivity contribution >= 4 is 17.5 Å². The van der Waals surface area contributed by atoms with Gasteiger partial charge in [0.25, 0.3) is 0 Å². The van der Waals surface area contributed by atoms with Crippen LogP contribution in [0, 0.1) is 20.8 Å². The summed E-state index contributed by atoms with van der Waals surface area (Å²) >= 11 is 0. The Labute approximate surface area is 136 Å². The summed E-state index contributed by atoms with van der Waals surface area (Å²) in [6, 6.07) is 13.6. The SMILES string of the molecule is Cc1ccc(CNC(=O)CC(=O)Nc2cccc(C)c2C)cc1. The number of benzene rings is 2. The van der Waals surface area contributed by atoms with Gasteiger partial charge in [0.15, 0.2) is 0 Å². The summed E-state index contributed by atoms with van der Waals surface area (Å²) in [5.74, 6) is -0.589. The Hall–Kier alpha value is -2.62. The highest BCUT2D eigenvalue weighted by molar-refractivity contribution is 6.03. The Morgan fingerprint density at radius 1 is 0.913 bits per heavy atom. The molecule has 2 amide bonds. The van der Waals surface area contributed by atoms with E-state index < -0.39 is 0 Å². The lowest BCUT2D eigenvalue weighted by Gasteiger charge is -2.10. The number of nitrogens with one attached hydrogen (secondary N) is 2. The van der Waals surface area contributed by atoms with Crippen LogP contribution in [-0.2, 0) is 16.1 Å². The first kappa shape index (κ1) is 16.7. The van der Waals surface area contributed by atoms with Crippen LogP contribution in [0.25, 0.3) is 0 Å². The van der Waals surface area contributed by atoms with Crippen LogP contribution >= 0.6 is 0 Å². The van der Waals surface area contributed by atoms with Gasteiger partial charge in [0.1, 0.15) is 6.42 Å². The van der Waals surface area contributed by atoms with Crippen molar-refractivity contribution < 1.29 is 9.59 Å². The number of amides is 2. The Morgan fingerprint density at radius 2 is 1.61 bits per heavy atom. The third kappa shape index (κ3) is 4.95. The van der Waals surface area contributed by atoms with Crippen molar-refractivity contribution in [3.63, 3.8) is 0 Å². The van der Waals surface area contributed by atoms with Crippen LogP contribution < -0.4 is 10.6 Å². The summed E-state index contributed by atoms with van der Waals surface area (Å²) in [6.45, 7) is 6.37. The number of rotatable bonds is 5. The lowest BCUT2D eigenvalue weighted by molar-refractivity contribution is -0.126. The van der Waals surface area contributed by atoms with Crippen LogP contribution in [-0.4, -0.2) is 11.8 Å². The molecule has 4 heteroatoms. The van der Waals surface area contributed by atoms with Gasteiger partial charge in [0, 0.05) is 12.2 Å². The van der Waals surface area contributed by atoms with Crippen LogP contribution in [0.4, 0.5) is 5.69 Å². The zero-order valence-corrected chi connectivity index (χ0v) is 13.8. The Morgan fingerprint density at radius 3 is 2.30 bits per heavy atom. The van der Waals surface area contributed by atoms with E-state index >= 15 is 0 Å². The van der Waals surface area contributed by atoms with E-state index in [9.17, 15) is 9.59 Å². The minimum absolute atomic E-state index is 0.181. The lowest BCUT2D eigenvalue weighted by atomic mass is 10.1. The van der Waals surface area contributed by atoms with Crippen molar-refractivity contribution in [2.75, 3.05) is 5.32 Å². The van der Waals surface area contributed by atoms with Crippen LogP contribution in [0.15, 0.2) is 42.5 Å². The fourth-order valence-electron chi connectivity index (χ4n) is 2.20. The van der Waals surface area contributed by atoms with Crippen LogP contribution in [0.3, 0.4) is 0 Å². The number of carbonyl (C=O) groups is 2. The summed E-state index contributed by atoms with van der Waals surface area (Å²) in [6.07, 6.45) is -0.181. The van der Waals surface area contributed by atoms with E-state index in [0.29, 0.717) is 6.54 Å². The molecule has 2 aromatic rings. The molecule has 2 rings (SSSR count). The second-order valence-corrected chi connectivity index (χ2v) is 5.73. The van der Waals surface area contributed by atoms with Gasteiger partial charge in [-0.3, -0.25) is 9.59 Å². The minimum atomic E-state index is -0.305. The van der Waals surface area contributed by atoms with Crippen molar-refractivity contribution in [1.82, 2.24) is 5.32 Å². The van der Waals surface area contributed by atoms with Gasteiger partial charge in [-0.15, -0.1) is 0 Å². The van der Waals surface area contributed by atoms with Crippen LogP contribution in [0.2, 0.25) is 0 Å². The van der Waals surface area contributed by atoms with Crippen molar-refractivity contribution in [1.29, 1.82) is 0 Å². The highest BCUT2D eigenvalue weighted by atomic mass is 16.2. The molecule has 0 fully saturated rings. The largest absolute Gasteiger partial charge is 0.352 e. The zero-order chi connectivity index (χ0) is 16.8. The van der Waals surface area contributed by atoms with Gasteiger partial charge in [-0.05, 0) is 43.5 Å². The van der Waals surface area contributed by atoms with Gasteiger partial charge < -0.3 is 10.6 Å². The van der Waals surface area contributed by atoms with Gasteiger partial charge in [0.05, 0.1) is 0 Å². The maximum Gasteiger partial charge on any atom is 0.233 e. The van der Waals surface area contributed by atoms with E-state index in [0.717, 1.165) is 22.4 Å². The molecule has 0 aliphatic carbocycles. The topological polar surface area (TPSA) is 58.2 Å². The summed E-state index contributed by atoms with van der Waals surface area (Å²) in [4.78, 5) is 23.8. The van der Waals surface area contributed by atoms with Gasteiger partial charge in [0.2, 0.25) is 11.8 Å². The van der Waals surface area contributed by atoms with Crippen molar-refractivity contribution in [3.8, 4) is 0 Å². The highest BCUT2D eigenvalue weighted by Crippen LogP contribution is 2.18. The van der Waals surface area contributed by atoms with Crippen molar-refractivity contribution in [3.05, 3.63) is 64.7 Å². The fraction of sp³-hybridized carbons (Fsp3) is 0.263. The van der Waals surface area contributed by atoms with Crippen LogP contribution in [0.5, 0.6) is 0 Å². The molecule has 0 heterocycles. The molecule has 0 spiro atoms. The smallest absolute Gasteiger partial charge is 0.233 e. The summed E-state index contributed by atoms with van der Waals surface area (Å²) < 4.78 is 0. The van der Waals surface area contributed by atoms with Crippen LogP contribution in [0.1, 0.15) is 28.7 Å². The molecule has 0 saturated carbocycles. The summed E-state index contributed by atoms with van der Waals surface area (Å²) in [7, 11) is 0. The molecule has 4 nitrogen and oxygen atoms in total. The first-order chi connectivity index (χ1) is 11.0. The normalized spacial score (nSPS) is 10.2. The monoisotopic (exact) mass is 310 g/mol. The number of aryl methyl sites for hydroxylation is 2. The number of hydrogen-bond donors (Lipinski definition) is 2. The van der Waals surface area contributed by atoms with Gasteiger partial charge in [-0.25, -0.2) is 0 Å². The molecule has 0 aromatic heterocycles. The van der Waals surface area contributed by atoms with Crippen molar-refractivity contribution in [2.24, 2.45) is 0 Å². The molecule has 0 atom stereocenters. The first-order valence-electron chi connectivity index (χ1n) is 7.64. The molecule has 0 aliphatic heterocycles. The molecule has 120 valence electrons. The highest BCUT2D eigenvalue weighted by Gasteiger charge is 2.11. The molecule has 0 saturated heterocycles. The fourth-order valence-corrected chi connectivity index (χ4v) is 2.20. The van der Waals surface area contributed by atoms with Gasteiger partial charge >= 0.3 is 0 Å². The maximum atomic E-state index is 12.0. The van der Waals surface area contributed by atoms with E-state index in [4.69, 9.17) is 0 Å². The Bertz CT molecular complexity index is 706. The molecule has 2 N–H and O–H groups in total. The summed E-state index contributed by atoms with van der Waals surface area (Å²) in [5, 5.41) is 5.55. The van der Waals surface area contributed by atoms with Crippen molar-refractivity contribution in [2.45, 2.75) is 33.7 Å². The molecular formula is C19H22N2O2. The molecule has 0 unspecified atom stereocenters. The van der Waals surface area contributed by atoms with E-state index in [1.54, 1.807) is 0 Å². The molecule has 23 heavy (non-hydrogen) atoms. The van der Waals surface area contributed by atoms with E-state index in [1.807, 2.05) is 63.2 Å². The molecular weight excluding hydrogens is 288 g/mol. The zero-order valence-electron chi connectivity index (χ0n) is 13.8. The predicted octanol–water partition coefficient (Wildman–Crippen LogP) is 3.26. The lowest BCUT2D eigenvalue weighted by Crippen LogP contribution is -2.27. The number of hydrogen-bond acceptors (Lipinski definition) is 2. The Balaban J connectivity index is 1.84. The third-order valence-electron chi connectivity index (χ3n) is 3.81. The molecule has 0 aliphatic rings. The first-order valence-corrected chi connectivity index (χ1v) is 7.64. The number of anilines is 1. The average Bonchev–Trinajstić information content (AvgIpc) is 2.51. The third-order valence-corrected chi connectivity index (χ3v) is 3.81. The average molecular weight is 310 g/mol. The second-order valence-electron chi connectivity index (χ2n) is 5.73. The second kappa shape index (κ2) is 7.58.